The molecule has 3 amide bonds. The van der Waals surface area contributed by atoms with Crippen molar-refractivity contribution in [2.75, 3.05) is 26.2 Å². The van der Waals surface area contributed by atoms with Crippen LogP contribution in [-0.2, 0) is 11.2 Å². The molecule has 2 aliphatic heterocycles. The van der Waals surface area contributed by atoms with Crippen LogP contribution in [0.25, 0.3) is 0 Å². The Morgan fingerprint density at radius 3 is 2.21 bits per heavy atom. The lowest BCUT2D eigenvalue weighted by Gasteiger charge is -2.42. The maximum Gasteiger partial charge on any atom is 0.262 e. The highest BCUT2D eigenvalue weighted by Gasteiger charge is 2.40. The van der Waals surface area contributed by atoms with Gasteiger partial charge in [0.05, 0.1) is 17.7 Å². The molecule has 0 bridgehead atoms. The average Bonchev–Trinajstić information content (AvgIpc) is 2.99. The number of aliphatic hydroxyl groups is 1. The Labute approximate surface area is 169 Å². The van der Waals surface area contributed by atoms with Gasteiger partial charge >= 0.3 is 0 Å². The SMILES string of the molecule is O=C(CN1C(=O)c2ccccc2C1=O)N1CCCC(CO)(Cc2ccccc2)C1. The molecule has 6 nitrogen and oxygen atoms in total. The lowest BCUT2D eigenvalue weighted by atomic mass is 9.75. The Morgan fingerprint density at radius 1 is 0.966 bits per heavy atom. The van der Waals surface area contributed by atoms with Gasteiger partial charge in [-0.2, -0.15) is 0 Å². The second-order valence-electron chi connectivity index (χ2n) is 7.98. The van der Waals surface area contributed by atoms with Gasteiger partial charge in [0.2, 0.25) is 5.91 Å². The zero-order valence-corrected chi connectivity index (χ0v) is 16.2. The molecule has 1 unspecified atom stereocenters. The van der Waals surface area contributed by atoms with Crippen LogP contribution < -0.4 is 0 Å². The van der Waals surface area contributed by atoms with Crippen LogP contribution in [0.5, 0.6) is 0 Å². The van der Waals surface area contributed by atoms with Gasteiger partial charge in [0.15, 0.2) is 0 Å². The molecule has 0 saturated carbocycles. The van der Waals surface area contributed by atoms with Crippen LogP contribution in [-0.4, -0.2) is 58.9 Å². The van der Waals surface area contributed by atoms with Gasteiger partial charge in [-0.3, -0.25) is 19.3 Å². The Hall–Kier alpha value is -2.99. The minimum Gasteiger partial charge on any atom is -0.396 e. The van der Waals surface area contributed by atoms with Gasteiger partial charge in [-0.25, -0.2) is 0 Å². The fourth-order valence-electron chi connectivity index (χ4n) is 4.40. The Bertz CT molecular complexity index is 908. The number of nitrogens with zero attached hydrogens (tertiary/aromatic N) is 2. The summed E-state index contributed by atoms with van der Waals surface area (Å²) in [4.78, 5) is 40.8. The van der Waals surface area contributed by atoms with Gasteiger partial charge < -0.3 is 10.0 Å². The topological polar surface area (TPSA) is 77.9 Å². The second kappa shape index (κ2) is 7.79. The van der Waals surface area contributed by atoms with Crippen LogP contribution in [0.4, 0.5) is 0 Å². The van der Waals surface area contributed by atoms with Gasteiger partial charge in [0, 0.05) is 18.5 Å². The average molecular weight is 392 g/mol. The summed E-state index contributed by atoms with van der Waals surface area (Å²) in [5.41, 5.74) is 1.41. The first-order chi connectivity index (χ1) is 14.0. The zero-order valence-electron chi connectivity index (χ0n) is 16.2. The van der Waals surface area contributed by atoms with E-state index in [1.54, 1.807) is 29.2 Å². The third-order valence-corrected chi connectivity index (χ3v) is 5.94. The fourth-order valence-corrected chi connectivity index (χ4v) is 4.40. The molecule has 2 aliphatic rings. The number of likely N-dealkylation sites (tertiary alicyclic amines) is 1. The number of benzene rings is 2. The minimum absolute atomic E-state index is 0.0152. The first kappa shape index (κ1) is 19.3. The van der Waals surface area contributed by atoms with E-state index in [1.807, 2.05) is 30.3 Å². The number of carbonyl (C=O) groups excluding carboxylic acids is 3. The van der Waals surface area contributed by atoms with E-state index in [0.29, 0.717) is 30.6 Å². The monoisotopic (exact) mass is 392 g/mol. The quantitative estimate of drug-likeness (QED) is 0.791. The summed E-state index contributed by atoms with van der Waals surface area (Å²) in [5.74, 6) is -1.10. The molecule has 2 aromatic rings. The molecular weight excluding hydrogens is 368 g/mol. The van der Waals surface area contributed by atoms with Gasteiger partial charge in [-0.05, 0) is 37.0 Å². The number of fused-ring (bicyclic) bond motifs is 1. The van der Waals surface area contributed by atoms with E-state index in [9.17, 15) is 19.5 Å². The maximum atomic E-state index is 13.0. The fraction of sp³-hybridized carbons (Fsp3) is 0.348. The largest absolute Gasteiger partial charge is 0.396 e. The molecule has 150 valence electrons. The summed E-state index contributed by atoms with van der Waals surface area (Å²) in [6.07, 6.45) is 2.29. The van der Waals surface area contributed by atoms with Crippen molar-refractivity contribution < 1.29 is 19.5 Å². The highest BCUT2D eigenvalue weighted by atomic mass is 16.3. The first-order valence-corrected chi connectivity index (χ1v) is 9.91. The van der Waals surface area contributed by atoms with Crippen molar-refractivity contribution in [3.63, 3.8) is 0 Å². The van der Waals surface area contributed by atoms with Crippen molar-refractivity contribution in [2.24, 2.45) is 5.41 Å². The lowest BCUT2D eigenvalue weighted by Crippen LogP contribution is -2.52. The van der Waals surface area contributed by atoms with Crippen LogP contribution in [0.15, 0.2) is 54.6 Å². The van der Waals surface area contributed by atoms with E-state index in [0.717, 1.165) is 23.3 Å². The van der Waals surface area contributed by atoms with Crippen LogP contribution in [0, 0.1) is 5.41 Å². The predicted molar refractivity (Wildman–Crippen MR) is 107 cm³/mol. The Kier molecular flexibility index (Phi) is 5.20. The predicted octanol–water partition coefficient (Wildman–Crippen LogP) is 2.13. The van der Waals surface area contributed by atoms with E-state index < -0.39 is 17.2 Å². The standard InChI is InChI=1S/C23H24N2O4/c26-16-23(13-17-7-2-1-3-8-17)11-6-12-24(15-23)20(27)14-25-21(28)18-9-4-5-10-19(18)22(25)29/h1-5,7-10,26H,6,11-16H2. The van der Waals surface area contributed by atoms with Crippen LogP contribution in [0.2, 0.25) is 0 Å². The third-order valence-electron chi connectivity index (χ3n) is 5.94. The number of rotatable bonds is 5. The number of aliphatic hydroxyl groups excluding tert-OH is 1. The molecule has 2 aromatic carbocycles. The summed E-state index contributed by atoms with van der Waals surface area (Å²) in [7, 11) is 0. The van der Waals surface area contributed by atoms with Crippen LogP contribution in [0.3, 0.4) is 0 Å². The number of hydrogen-bond acceptors (Lipinski definition) is 4. The number of piperidine rings is 1. The number of imide groups is 1. The summed E-state index contributed by atoms with van der Waals surface area (Å²) < 4.78 is 0. The molecule has 1 fully saturated rings. The van der Waals surface area contributed by atoms with Crippen molar-refractivity contribution in [2.45, 2.75) is 19.3 Å². The second-order valence-corrected chi connectivity index (χ2v) is 7.98. The smallest absolute Gasteiger partial charge is 0.262 e. The summed E-state index contributed by atoms with van der Waals surface area (Å²) in [6, 6.07) is 16.6. The molecule has 6 heteroatoms. The van der Waals surface area contributed by atoms with Crippen molar-refractivity contribution in [1.29, 1.82) is 0 Å². The van der Waals surface area contributed by atoms with Crippen molar-refractivity contribution in [3.8, 4) is 0 Å². The molecule has 4 rings (SSSR count). The van der Waals surface area contributed by atoms with Crippen LogP contribution in [0.1, 0.15) is 39.1 Å². The van der Waals surface area contributed by atoms with Gasteiger partial charge in [0.25, 0.3) is 11.8 Å². The molecule has 1 saturated heterocycles. The lowest BCUT2D eigenvalue weighted by molar-refractivity contribution is -0.135. The van der Waals surface area contributed by atoms with E-state index in [-0.39, 0.29) is 19.1 Å². The van der Waals surface area contributed by atoms with E-state index >= 15 is 0 Å². The summed E-state index contributed by atoms with van der Waals surface area (Å²) in [5, 5.41) is 10.1. The molecule has 0 radical (unpaired) electrons. The molecule has 0 spiro atoms. The maximum absolute atomic E-state index is 13.0. The molecule has 0 aliphatic carbocycles. The first-order valence-electron chi connectivity index (χ1n) is 9.91. The molecule has 1 atom stereocenters. The number of amides is 3. The van der Waals surface area contributed by atoms with E-state index in [2.05, 4.69) is 0 Å². The zero-order chi connectivity index (χ0) is 20.4. The number of carbonyl (C=O) groups is 3. The van der Waals surface area contributed by atoms with Gasteiger partial charge in [-0.15, -0.1) is 0 Å². The Morgan fingerprint density at radius 2 is 1.59 bits per heavy atom. The summed E-state index contributed by atoms with van der Waals surface area (Å²) in [6.45, 7) is 0.705. The highest BCUT2D eigenvalue weighted by molar-refractivity contribution is 6.22. The van der Waals surface area contributed by atoms with Crippen LogP contribution >= 0.6 is 0 Å². The molecule has 2 heterocycles. The molecule has 1 N–H and O–H groups in total. The van der Waals surface area contributed by atoms with E-state index in [1.165, 1.54) is 0 Å². The molecule has 0 aromatic heterocycles. The molecular formula is C23H24N2O4. The van der Waals surface area contributed by atoms with Crippen molar-refractivity contribution >= 4 is 17.7 Å². The minimum atomic E-state index is -0.423. The van der Waals surface area contributed by atoms with Gasteiger partial charge in [0.1, 0.15) is 6.54 Å². The van der Waals surface area contributed by atoms with Gasteiger partial charge in [-0.1, -0.05) is 42.5 Å². The van der Waals surface area contributed by atoms with Crippen molar-refractivity contribution in [3.05, 3.63) is 71.3 Å². The normalized spacial score (nSPS) is 21.4. The summed E-state index contributed by atoms with van der Waals surface area (Å²) >= 11 is 0. The Balaban J connectivity index is 1.46. The molecule has 29 heavy (non-hydrogen) atoms. The third kappa shape index (κ3) is 3.68. The number of hydrogen-bond donors (Lipinski definition) is 1. The van der Waals surface area contributed by atoms with E-state index in [4.69, 9.17) is 0 Å². The van der Waals surface area contributed by atoms with Crippen molar-refractivity contribution in [1.82, 2.24) is 9.80 Å². The highest BCUT2D eigenvalue weighted by Crippen LogP contribution is 2.33.